The molecule has 2 heterocycles. The smallest absolute Gasteiger partial charge is 0.123 e. The van der Waals surface area contributed by atoms with E-state index in [4.69, 9.17) is 4.74 Å². The highest BCUT2D eigenvalue weighted by atomic mass is 19.1. The number of nitrogens with zero attached hydrogens (tertiary/aromatic N) is 2. The van der Waals surface area contributed by atoms with Crippen molar-refractivity contribution < 1.29 is 9.13 Å². The van der Waals surface area contributed by atoms with Gasteiger partial charge in [0.05, 0.1) is 13.2 Å². The predicted octanol–water partition coefficient (Wildman–Crippen LogP) is 2.90. The number of benzene rings is 1. The zero-order valence-corrected chi connectivity index (χ0v) is 13.8. The molecular weight excluding hydrogens is 291 g/mol. The van der Waals surface area contributed by atoms with Crippen LogP contribution in [0.3, 0.4) is 0 Å². The summed E-state index contributed by atoms with van der Waals surface area (Å²) in [5, 5.41) is 0. The fraction of sp³-hybridized carbons (Fsp3) is 0.684. The van der Waals surface area contributed by atoms with Gasteiger partial charge in [0.1, 0.15) is 5.82 Å². The van der Waals surface area contributed by atoms with Gasteiger partial charge in [0.25, 0.3) is 0 Å². The highest BCUT2D eigenvalue weighted by Gasteiger charge is 2.43. The molecule has 0 amide bonds. The number of piperidine rings is 1. The van der Waals surface area contributed by atoms with Crippen molar-refractivity contribution in [1.82, 2.24) is 9.80 Å². The summed E-state index contributed by atoms with van der Waals surface area (Å²) in [6.45, 7) is 7.34. The minimum Gasteiger partial charge on any atom is -0.378 e. The molecule has 0 unspecified atom stereocenters. The summed E-state index contributed by atoms with van der Waals surface area (Å²) in [4.78, 5) is 5.24. The van der Waals surface area contributed by atoms with E-state index in [-0.39, 0.29) is 11.4 Å². The monoisotopic (exact) mass is 318 g/mol. The molecule has 1 aliphatic carbocycles. The third-order valence-corrected chi connectivity index (χ3v) is 5.83. The fourth-order valence-corrected chi connectivity index (χ4v) is 4.10. The Kier molecular flexibility index (Phi) is 4.39. The molecule has 0 radical (unpaired) electrons. The molecule has 4 heteroatoms. The molecule has 4 rings (SSSR count). The van der Waals surface area contributed by atoms with E-state index in [2.05, 4.69) is 9.80 Å². The quantitative estimate of drug-likeness (QED) is 0.849. The second kappa shape index (κ2) is 6.50. The molecule has 23 heavy (non-hydrogen) atoms. The lowest BCUT2D eigenvalue weighted by Crippen LogP contribution is -2.61. The number of rotatable bonds is 4. The van der Waals surface area contributed by atoms with Crippen LogP contribution in [-0.4, -0.2) is 54.7 Å². The number of morpholine rings is 1. The highest BCUT2D eigenvalue weighted by Crippen LogP contribution is 2.37. The van der Waals surface area contributed by atoms with Crippen molar-refractivity contribution in [2.45, 2.75) is 37.8 Å². The zero-order chi connectivity index (χ0) is 15.7. The molecule has 1 saturated carbocycles. The minimum absolute atomic E-state index is 0.151. The van der Waals surface area contributed by atoms with Crippen molar-refractivity contribution in [3.05, 3.63) is 35.6 Å². The maximum atomic E-state index is 13.0. The van der Waals surface area contributed by atoms with Gasteiger partial charge >= 0.3 is 0 Å². The van der Waals surface area contributed by atoms with Gasteiger partial charge in [0.15, 0.2) is 0 Å². The second-order valence-corrected chi connectivity index (χ2v) is 7.57. The average molecular weight is 318 g/mol. The van der Waals surface area contributed by atoms with Crippen LogP contribution in [0.4, 0.5) is 4.39 Å². The Morgan fingerprint density at radius 2 is 1.83 bits per heavy atom. The van der Waals surface area contributed by atoms with Crippen molar-refractivity contribution in [2.24, 2.45) is 5.92 Å². The third-order valence-electron chi connectivity index (χ3n) is 5.83. The normalized spacial score (nSPS) is 25.8. The molecule has 2 aliphatic heterocycles. The maximum Gasteiger partial charge on any atom is 0.123 e. The van der Waals surface area contributed by atoms with E-state index in [0.29, 0.717) is 0 Å². The van der Waals surface area contributed by atoms with Crippen molar-refractivity contribution in [1.29, 1.82) is 0 Å². The van der Waals surface area contributed by atoms with E-state index in [1.165, 1.54) is 37.8 Å². The highest BCUT2D eigenvalue weighted by molar-refractivity contribution is 5.16. The van der Waals surface area contributed by atoms with Gasteiger partial charge in [-0.05, 0) is 49.3 Å². The standard InChI is InChI=1S/C19H27FN2O/c20-18-5-3-16(4-6-18)13-21-9-7-19(8-10-21)15-23-12-11-22(19)14-17-1-2-17/h3-6,17H,1-2,7-15H2. The minimum atomic E-state index is -0.151. The molecule has 0 bridgehead atoms. The third kappa shape index (κ3) is 3.59. The van der Waals surface area contributed by atoms with E-state index < -0.39 is 0 Å². The molecule has 3 aliphatic rings. The lowest BCUT2D eigenvalue weighted by molar-refractivity contribution is -0.0970. The van der Waals surface area contributed by atoms with E-state index >= 15 is 0 Å². The Balaban J connectivity index is 1.35. The van der Waals surface area contributed by atoms with Crippen LogP contribution in [-0.2, 0) is 11.3 Å². The first-order valence-electron chi connectivity index (χ1n) is 9.03. The van der Waals surface area contributed by atoms with Crippen LogP contribution in [0.25, 0.3) is 0 Å². The number of halogens is 1. The van der Waals surface area contributed by atoms with Crippen LogP contribution < -0.4 is 0 Å². The summed E-state index contributed by atoms with van der Waals surface area (Å²) < 4.78 is 18.9. The SMILES string of the molecule is Fc1ccc(CN2CCC3(CC2)COCCN3CC2CC2)cc1. The Hall–Kier alpha value is -0.970. The number of hydrogen-bond acceptors (Lipinski definition) is 3. The molecule has 3 nitrogen and oxygen atoms in total. The van der Waals surface area contributed by atoms with Crippen LogP contribution in [0.15, 0.2) is 24.3 Å². The van der Waals surface area contributed by atoms with Gasteiger partial charge in [-0.1, -0.05) is 12.1 Å². The first-order valence-corrected chi connectivity index (χ1v) is 9.03. The summed E-state index contributed by atoms with van der Waals surface area (Å²) in [5.74, 6) is 0.795. The Morgan fingerprint density at radius 1 is 1.09 bits per heavy atom. The first kappa shape index (κ1) is 15.6. The van der Waals surface area contributed by atoms with Crippen LogP contribution in [0.2, 0.25) is 0 Å². The molecule has 126 valence electrons. The Labute approximate surface area is 138 Å². The lowest BCUT2D eigenvalue weighted by Gasteiger charge is -2.51. The summed E-state index contributed by atoms with van der Waals surface area (Å²) in [7, 11) is 0. The Morgan fingerprint density at radius 3 is 2.52 bits per heavy atom. The summed E-state index contributed by atoms with van der Waals surface area (Å²) in [5.41, 5.74) is 1.48. The van der Waals surface area contributed by atoms with Gasteiger partial charge in [-0.15, -0.1) is 0 Å². The van der Waals surface area contributed by atoms with Crippen LogP contribution >= 0.6 is 0 Å². The molecule has 3 fully saturated rings. The average Bonchev–Trinajstić information content (AvgIpc) is 3.38. The molecular formula is C19H27FN2O. The number of likely N-dealkylation sites (tertiary alicyclic amines) is 1. The summed E-state index contributed by atoms with van der Waals surface area (Å²) in [6.07, 6.45) is 5.23. The van der Waals surface area contributed by atoms with Gasteiger partial charge in [0.2, 0.25) is 0 Å². The maximum absolute atomic E-state index is 13.0. The summed E-state index contributed by atoms with van der Waals surface area (Å²) in [6, 6.07) is 6.94. The summed E-state index contributed by atoms with van der Waals surface area (Å²) >= 11 is 0. The fourth-order valence-electron chi connectivity index (χ4n) is 4.10. The van der Waals surface area contributed by atoms with Crippen molar-refractivity contribution >= 4 is 0 Å². The first-order chi connectivity index (χ1) is 11.2. The van der Waals surface area contributed by atoms with Gasteiger partial charge < -0.3 is 4.74 Å². The van der Waals surface area contributed by atoms with Crippen molar-refractivity contribution in [3.8, 4) is 0 Å². The van der Waals surface area contributed by atoms with E-state index in [1.807, 2.05) is 12.1 Å². The number of hydrogen-bond donors (Lipinski definition) is 0. The molecule has 0 N–H and O–H groups in total. The van der Waals surface area contributed by atoms with E-state index in [1.54, 1.807) is 12.1 Å². The second-order valence-electron chi connectivity index (χ2n) is 7.57. The van der Waals surface area contributed by atoms with Crippen LogP contribution in [0.5, 0.6) is 0 Å². The van der Waals surface area contributed by atoms with Gasteiger partial charge in [-0.2, -0.15) is 0 Å². The Bertz CT molecular complexity index is 521. The van der Waals surface area contributed by atoms with E-state index in [9.17, 15) is 4.39 Å². The largest absolute Gasteiger partial charge is 0.378 e. The van der Waals surface area contributed by atoms with Crippen molar-refractivity contribution in [2.75, 3.05) is 39.4 Å². The number of ether oxygens (including phenoxy) is 1. The predicted molar refractivity (Wildman–Crippen MR) is 88.8 cm³/mol. The van der Waals surface area contributed by atoms with Crippen LogP contribution in [0, 0.1) is 11.7 Å². The molecule has 1 aromatic rings. The van der Waals surface area contributed by atoms with Gasteiger partial charge in [0, 0.05) is 38.3 Å². The zero-order valence-electron chi connectivity index (χ0n) is 13.8. The lowest BCUT2D eigenvalue weighted by atomic mass is 9.85. The van der Waals surface area contributed by atoms with E-state index in [0.717, 1.165) is 45.3 Å². The molecule has 0 aromatic heterocycles. The molecule has 2 saturated heterocycles. The molecule has 1 aromatic carbocycles. The molecule has 1 spiro atoms. The molecule has 0 atom stereocenters. The topological polar surface area (TPSA) is 15.7 Å². The van der Waals surface area contributed by atoms with Crippen LogP contribution in [0.1, 0.15) is 31.2 Å². The van der Waals surface area contributed by atoms with Gasteiger partial charge in [-0.3, -0.25) is 9.80 Å². The van der Waals surface area contributed by atoms with Gasteiger partial charge in [-0.25, -0.2) is 4.39 Å². The van der Waals surface area contributed by atoms with Crippen molar-refractivity contribution in [3.63, 3.8) is 0 Å².